The number of fused-ring (bicyclic) bond motifs is 1. The Morgan fingerprint density at radius 2 is 1.93 bits per heavy atom. The van der Waals surface area contributed by atoms with Crippen LogP contribution in [-0.4, -0.2) is 37.2 Å². The van der Waals surface area contributed by atoms with Gasteiger partial charge in [-0.1, -0.05) is 53.2 Å². The first-order valence-electron chi connectivity index (χ1n) is 8.23. The average molecular weight is 445 g/mol. The van der Waals surface area contributed by atoms with E-state index in [1.54, 1.807) is 35.2 Å². The third-order valence-electron chi connectivity index (χ3n) is 4.57. The summed E-state index contributed by atoms with van der Waals surface area (Å²) in [5, 5.41) is 1.57. The largest absolute Gasteiger partial charge is 0.312 e. The highest BCUT2D eigenvalue weighted by Crippen LogP contribution is 2.37. The van der Waals surface area contributed by atoms with Crippen molar-refractivity contribution >= 4 is 55.7 Å². The molecule has 0 spiro atoms. The summed E-state index contributed by atoms with van der Waals surface area (Å²) in [6.45, 7) is 0. The monoisotopic (exact) mass is 444 g/mol. The number of nitrogens with zero attached hydrogens (tertiary/aromatic N) is 2. The summed E-state index contributed by atoms with van der Waals surface area (Å²) in [6, 6.07) is 11.0. The summed E-state index contributed by atoms with van der Waals surface area (Å²) in [6.07, 6.45) is 0. The van der Waals surface area contributed by atoms with Crippen LogP contribution < -0.4 is 4.90 Å². The Labute approximate surface area is 171 Å². The van der Waals surface area contributed by atoms with E-state index in [0.717, 1.165) is 5.56 Å². The summed E-state index contributed by atoms with van der Waals surface area (Å²) >= 11 is 13.4. The summed E-state index contributed by atoms with van der Waals surface area (Å²) in [5.74, 6) is 0.142. The smallest absolute Gasteiger partial charge is 0.164 e. The Hall–Kier alpha value is -1.28. The summed E-state index contributed by atoms with van der Waals surface area (Å²) in [4.78, 5) is 6.33. The molecule has 0 bridgehead atoms. The van der Waals surface area contributed by atoms with Crippen molar-refractivity contribution < 1.29 is 12.8 Å². The lowest BCUT2D eigenvalue weighted by Gasteiger charge is -2.26. The second kappa shape index (κ2) is 7.28. The maximum atomic E-state index is 14.4. The minimum Gasteiger partial charge on any atom is -0.312 e. The van der Waals surface area contributed by atoms with Gasteiger partial charge in [0.15, 0.2) is 15.0 Å². The molecule has 2 aromatic rings. The lowest BCUT2D eigenvalue weighted by molar-refractivity contribution is 0.600. The molecule has 27 heavy (non-hydrogen) atoms. The van der Waals surface area contributed by atoms with Gasteiger partial charge >= 0.3 is 0 Å². The molecule has 2 atom stereocenters. The molecule has 0 amide bonds. The van der Waals surface area contributed by atoms with Gasteiger partial charge in [0, 0.05) is 5.75 Å². The molecule has 0 unspecified atom stereocenters. The first kappa shape index (κ1) is 19.1. The predicted molar refractivity (Wildman–Crippen MR) is 110 cm³/mol. The van der Waals surface area contributed by atoms with Crippen LogP contribution in [0.3, 0.4) is 0 Å². The number of halogens is 3. The van der Waals surface area contributed by atoms with E-state index < -0.39 is 15.7 Å². The van der Waals surface area contributed by atoms with Crippen LogP contribution in [0.25, 0.3) is 0 Å². The average Bonchev–Trinajstić information content (AvgIpc) is 3.08. The van der Waals surface area contributed by atoms with Gasteiger partial charge in [0.05, 0.1) is 39.3 Å². The molecule has 4 nitrogen and oxygen atoms in total. The van der Waals surface area contributed by atoms with E-state index in [2.05, 4.69) is 4.99 Å². The van der Waals surface area contributed by atoms with E-state index in [-0.39, 0.29) is 23.6 Å². The fraction of sp³-hybridized carbons (Fsp3) is 0.278. The Morgan fingerprint density at radius 3 is 2.67 bits per heavy atom. The SMILES string of the molecule is O=S1(=O)C[C@@H]2N=C(SCc3ccc(Cl)c(Cl)c3)N(c3ccccc3F)[C@H]2C1. The molecular weight excluding hydrogens is 430 g/mol. The normalized spacial score (nSPS) is 23.4. The molecular formula is C18H15Cl2FN2O2S2. The van der Waals surface area contributed by atoms with Crippen molar-refractivity contribution in [1.29, 1.82) is 0 Å². The summed E-state index contributed by atoms with van der Waals surface area (Å²) < 4.78 is 38.5. The molecule has 2 aromatic carbocycles. The maximum Gasteiger partial charge on any atom is 0.164 e. The van der Waals surface area contributed by atoms with E-state index in [1.165, 1.54) is 17.8 Å². The van der Waals surface area contributed by atoms with E-state index in [1.807, 2.05) is 6.07 Å². The molecule has 2 aliphatic rings. The van der Waals surface area contributed by atoms with Gasteiger partial charge in [-0.25, -0.2) is 12.8 Å². The minimum atomic E-state index is -3.17. The number of anilines is 1. The molecule has 0 aliphatic carbocycles. The van der Waals surface area contributed by atoms with Crippen LogP contribution in [0.15, 0.2) is 47.5 Å². The van der Waals surface area contributed by atoms with Gasteiger partial charge in [0.2, 0.25) is 0 Å². The third-order valence-corrected chi connectivity index (χ3v) is 8.05. The molecule has 9 heteroatoms. The number of hydrogen-bond donors (Lipinski definition) is 0. The highest BCUT2D eigenvalue weighted by Gasteiger charge is 2.47. The molecule has 2 heterocycles. The highest BCUT2D eigenvalue weighted by atomic mass is 35.5. The van der Waals surface area contributed by atoms with E-state index >= 15 is 0 Å². The molecule has 142 valence electrons. The van der Waals surface area contributed by atoms with Gasteiger partial charge in [-0.3, -0.25) is 4.99 Å². The first-order valence-corrected chi connectivity index (χ1v) is 11.8. The number of thioether (sulfide) groups is 1. The van der Waals surface area contributed by atoms with E-state index in [0.29, 0.717) is 26.7 Å². The van der Waals surface area contributed by atoms with Crippen molar-refractivity contribution in [2.75, 3.05) is 16.4 Å². The van der Waals surface area contributed by atoms with Crippen molar-refractivity contribution in [1.82, 2.24) is 0 Å². The van der Waals surface area contributed by atoms with Crippen LogP contribution in [0.1, 0.15) is 5.56 Å². The van der Waals surface area contributed by atoms with Crippen molar-refractivity contribution in [3.8, 4) is 0 Å². The highest BCUT2D eigenvalue weighted by molar-refractivity contribution is 8.13. The predicted octanol–water partition coefficient (Wildman–Crippen LogP) is 4.41. The lowest BCUT2D eigenvalue weighted by atomic mass is 10.1. The molecule has 1 fully saturated rings. The molecule has 2 aliphatic heterocycles. The number of benzene rings is 2. The molecule has 4 rings (SSSR count). The molecule has 0 N–H and O–H groups in total. The van der Waals surface area contributed by atoms with Gasteiger partial charge < -0.3 is 4.90 Å². The summed E-state index contributed by atoms with van der Waals surface area (Å²) in [5.41, 5.74) is 1.30. The second-order valence-electron chi connectivity index (χ2n) is 6.48. The van der Waals surface area contributed by atoms with Crippen LogP contribution in [0.2, 0.25) is 10.0 Å². The lowest BCUT2D eigenvalue weighted by Crippen LogP contribution is -2.39. The zero-order chi connectivity index (χ0) is 19.2. The van der Waals surface area contributed by atoms with Crippen LogP contribution in [0.4, 0.5) is 10.1 Å². The zero-order valence-corrected chi connectivity index (χ0v) is 17.1. The quantitative estimate of drug-likeness (QED) is 0.703. The van der Waals surface area contributed by atoms with Gasteiger partial charge in [0.25, 0.3) is 0 Å². The molecule has 0 aromatic heterocycles. The van der Waals surface area contributed by atoms with Crippen LogP contribution in [-0.2, 0) is 15.6 Å². The topological polar surface area (TPSA) is 49.7 Å². The Kier molecular flexibility index (Phi) is 5.14. The molecule has 1 saturated heterocycles. The van der Waals surface area contributed by atoms with Crippen LogP contribution in [0, 0.1) is 5.82 Å². The number of amidine groups is 1. The van der Waals surface area contributed by atoms with Crippen molar-refractivity contribution in [2.24, 2.45) is 4.99 Å². The van der Waals surface area contributed by atoms with Crippen LogP contribution >= 0.6 is 35.0 Å². The first-order chi connectivity index (χ1) is 12.8. The summed E-state index contributed by atoms with van der Waals surface area (Å²) in [7, 11) is -3.17. The van der Waals surface area contributed by atoms with Crippen molar-refractivity contribution in [3.63, 3.8) is 0 Å². The van der Waals surface area contributed by atoms with Crippen molar-refractivity contribution in [2.45, 2.75) is 17.8 Å². The number of hydrogen-bond acceptors (Lipinski definition) is 5. The number of aliphatic imine (C=N–C) groups is 1. The molecule has 0 radical (unpaired) electrons. The van der Waals surface area contributed by atoms with Gasteiger partial charge in [-0.05, 0) is 29.8 Å². The second-order valence-corrected chi connectivity index (χ2v) is 10.4. The maximum absolute atomic E-state index is 14.4. The van der Waals surface area contributed by atoms with Gasteiger partial charge in [0.1, 0.15) is 5.82 Å². The molecule has 0 saturated carbocycles. The van der Waals surface area contributed by atoms with Crippen molar-refractivity contribution in [3.05, 3.63) is 63.9 Å². The Bertz CT molecular complexity index is 1030. The fourth-order valence-electron chi connectivity index (χ4n) is 3.34. The third kappa shape index (κ3) is 3.83. The number of para-hydroxylation sites is 1. The van der Waals surface area contributed by atoms with Gasteiger partial charge in [-0.15, -0.1) is 0 Å². The Balaban J connectivity index is 1.63. The number of sulfone groups is 1. The fourth-order valence-corrected chi connectivity index (χ4v) is 6.56. The Morgan fingerprint density at radius 1 is 1.15 bits per heavy atom. The number of rotatable bonds is 3. The van der Waals surface area contributed by atoms with E-state index in [4.69, 9.17) is 23.2 Å². The van der Waals surface area contributed by atoms with E-state index in [9.17, 15) is 12.8 Å². The van der Waals surface area contributed by atoms with Gasteiger partial charge in [-0.2, -0.15) is 0 Å². The minimum absolute atomic E-state index is 0.000543. The standard InChI is InChI=1S/C18H15Cl2FN2O2S2/c19-12-6-5-11(7-13(12)20)8-26-18-22-15-9-27(24,25)10-17(15)23(18)16-4-2-1-3-14(16)21/h1-7,15,17H,8-10H2/t15-,17-/m0/s1. The van der Waals surface area contributed by atoms with Crippen LogP contribution in [0.5, 0.6) is 0 Å². The zero-order valence-electron chi connectivity index (χ0n) is 14.0.